The molecule has 30 heavy (non-hydrogen) atoms. The highest BCUT2D eigenvalue weighted by Gasteiger charge is 2.28. The maximum atomic E-state index is 13.3. The van der Waals surface area contributed by atoms with Crippen LogP contribution in [-0.4, -0.2) is 28.8 Å². The number of hydrogen-bond acceptors (Lipinski definition) is 3. The van der Waals surface area contributed by atoms with Crippen molar-refractivity contribution in [3.63, 3.8) is 0 Å². The fourth-order valence-corrected chi connectivity index (χ4v) is 4.24. The van der Waals surface area contributed by atoms with Crippen LogP contribution in [0.3, 0.4) is 0 Å². The van der Waals surface area contributed by atoms with E-state index < -0.39 is 0 Å². The van der Waals surface area contributed by atoms with E-state index in [0.29, 0.717) is 11.5 Å². The number of amides is 1. The van der Waals surface area contributed by atoms with Gasteiger partial charge >= 0.3 is 0 Å². The van der Waals surface area contributed by atoms with Crippen LogP contribution in [0.2, 0.25) is 0 Å². The molecule has 2 N–H and O–H groups in total. The summed E-state index contributed by atoms with van der Waals surface area (Å²) in [6.07, 6.45) is 3.74. The Morgan fingerprint density at radius 2 is 1.63 bits per heavy atom. The summed E-state index contributed by atoms with van der Waals surface area (Å²) in [6, 6.07) is 14.1. The van der Waals surface area contributed by atoms with Gasteiger partial charge in [-0.2, -0.15) is 5.10 Å². The minimum atomic E-state index is -0.0923. The molecular weight excluding hydrogens is 396 g/mol. The Labute approximate surface area is 184 Å². The van der Waals surface area contributed by atoms with E-state index >= 15 is 0 Å². The fraction of sp³-hybridized carbons (Fsp3) is 0.333. The van der Waals surface area contributed by atoms with Gasteiger partial charge in [-0.25, -0.2) is 4.68 Å². The SMILES string of the molecule is Cc1ccccc1NC(=O)c1cnn(-c2c(C)cccc2C)c1C1CCNCC1.Cl. The predicted molar refractivity (Wildman–Crippen MR) is 124 cm³/mol. The quantitative estimate of drug-likeness (QED) is 0.623. The summed E-state index contributed by atoms with van der Waals surface area (Å²) < 4.78 is 2.01. The van der Waals surface area contributed by atoms with E-state index in [1.54, 1.807) is 6.20 Å². The highest BCUT2D eigenvalue weighted by molar-refractivity contribution is 6.05. The summed E-state index contributed by atoms with van der Waals surface area (Å²) in [5.74, 6) is 0.209. The monoisotopic (exact) mass is 424 g/mol. The molecule has 1 amide bonds. The Morgan fingerprint density at radius 3 is 2.30 bits per heavy atom. The normalized spacial score (nSPS) is 14.2. The molecule has 158 valence electrons. The third-order valence-electron chi connectivity index (χ3n) is 5.82. The molecule has 1 aliphatic heterocycles. The number of carbonyl (C=O) groups is 1. The Hall–Kier alpha value is -2.63. The van der Waals surface area contributed by atoms with E-state index in [9.17, 15) is 4.79 Å². The second-order valence-electron chi connectivity index (χ2n) is 7.89. The molecule has 2 aromatic carbocycles. The number of benzene rings is 2. The third kappa shape index (κ3) is 4.27. The standard InChI is InChI=1S/C24H28N4O.ClH/c1-16-7-4-5-10-21(16)27-24(29)20-15-26-28(22-17(2)8-6-9-18(22)3)23(20)19-11-13-25-14-12-19;/h4-10,15,19,25H,11-14H2,1-3H3,(H,27,29);1H. The Balaban J connectivity index is 0.00000256. The molecule has 5 nitrogen and oxygen atoms in total. The number of aryl methyl sites for hydroxylation is 3. The van der Waals surface area contributed by atoms with Crippen LogP contribution in [-0.2, 0) is 0 Å². The summed E-state index contributed by atoms with van der Waals surface area (Å²) in [7, 11) is 0. The van der Waals surface area contributed by atoms with Gasteiger partial charge in [-0.05, 0) is 69.5 Å². The number of nitrogens with one attached hydrogen (secondary N) is 2. The van der Waals surface area contributed by atoms with E-state index in [1.165, 1.54) is 0 Å². The van der Waals surface area contributed by atoms with Crippen molar-refractivity contribution < 1.29 is 4.79 Å². The van der Waals surface area contributed by atoms with Crippen LogP contribution in [0.15, 0.2) is 48.7 Å². The van der Waals surface area contributed by atoms with Crippen LogP contribution in [0.25, 0.3) is 5.69 Å². The minimum absolute atomic E-state index is 0. The van der Waals surface area contributed by atoms with Crippen molar-refractivity contribution in [2.24, 2.45) is 0 Å². The van der Waals surface area contributed by atoms with Crippen molar-refractivity contribution in [3.8, 4) is 5.69 Å². The average Bonchev–Trinajstić information content (AvgIpc) is 3.15. The Kier molecular flexibility index (Phi) is 6.95. The molecule has 2 heterocycles. The van der Waals surface area contributed by atoms with Gasteiger partial charge in [0.15, 0.2) is 0 Å². The van der Waals surface area contributed by atoms with Crippen LogP contribution in [0.1, 0.15) is 51.5 Å². The lowest BCUT2D eigenvalue weighted by Gasteiger charge is -2.25. The molecule has 1 aromatic heterocycles. The van der Waals surface area contributed by atoms with Gasteiger partial charge in [0.05, 0.1) is 23.1 Å². The van der Waals surface area contributed by atoms with Crippen LogP contribution in [0.4, 0.5) is 5.69 Å². The number of carbonyl (C=O) groups excluding carboxylic acids is 1. The van der Waals surface area contributed by atoms with Crippen molar-refractivity contribution in [1.29, 1.82) is 0 Å². The molecule has 0 saturated carbocycles. The van der Waals surface area contributed by atoms with Gasteiger partial charge in [-0.1, -0.05) is 36.4 Å². The predicted octanol–water partition coefficient (Wildman–Crippen LogP) is 4.94. The number of para-hydroxylation sites is 2. The summed E-state index contributed by atoms with van der Waals surface area (Å²) >= 11 is 0. The smallest absolute Gasteiger partial charge is 0.259 e. The maximum Gasteiger partial charge on any atom is 0.259 e. The summed E-state index contributed by atoms with van der Waals surface area (Å²) in [6.45, 7) is 8.12. The second-order valence-corrected chi connectivity index (χ2v) is 7.89. The topological polar surface area (TPSA) is 59.0 Å². The molecule has 0 atom stereocenters. The number of aromatic nitrogens is 2. The lowest BCUT2D eigenvalue weighted by Crippen LogP contribution is -2.29. The molecule has 6 heteroatoms. The van der Waals surface area contributed by atoms with E-state index in [2.05, 4.69) is 42.7 Å². The van der Waals surface area contributed by atoms with Crippen LogP contribution < -0.4 is 10.6 Å². The van der Waals surface area contributed by atoms with E-state index in [-0.39, 0.29) is 18.3 Å². The lowest BCUT2D eigenvalue weighted by molar-refractivity contribution is 0.102. The number of rotatable bonds is 4. The van der Waals surface area contributed by atoms with Crippen molar-refractivity contribution in [2.75, 3.05) is 18.4 Å². The summed E-state index contributed by atoms with van der Waals surface area (Å²) in [5.41, 5.74) is 6.98. The van der Waals surface area contributed by atoms with E-state index in [0.717, 1.165) is 59.7 Å². The molecular formula is C24H29ClN4O. The van der Waals surface area contributed by atoms with Crippen molar-refractivity contribution >= 4 is 24.0 Å². The fourth-order valence-electron chi connectivity index (χ4n) is 4.24. The molecule has 0 spiro atoms. The highest BCUT2D eigenvalue weighted by atomic mass is 35.5. The van der Waals surface area contributed by atoms with Crippen molar-refractivity contribution in [3.05, 3.63) is 76.6 Å². The van der Waals surface area contributed by atoms with Crippen LogP contribution >= 0.6 is 12.4 Å². The highest BCUT2D eigenvalue weighted by Crippen LogP contribution is 2.32. The van der Waals surface area contributed by atoms with Crippen molar-refractivity contribution in [1.82, 2.24) is 15.1 Å². The summed E-state index contributed by atoms with van der Waals surface area (Å²) in [5, 5.41) is 11.2. The van der Waals surface area contributed by atoms with Gasteiger partial charge < -0.3 is 10.6 Å². The largest absolute Gasteiger partial charge is 0.322 e. The first-order chi connectivity index (χ1) is 14.1. The van der Waals surface area contributed by atoms with Gasteiger partial charge in [-0.3, -0.25) is 4.79 Å². The summed E-state index contributed by atoms with van der Waals surface area (Å²) in [4.78, 5) is 13.3. The number of nitrogens with zero attached hydrogens (tertiary/aromatic N) is 2. The number of piperidine rings is 1. The van der Waals surface area contributed by atoms with Crippen molar-refractivity contribution in [2.45, 2.75) is 39.5 Å². The van der Waals surface area contributed by atoms with Gasteiger partial charge in [0.1, 0.15) is 0 Å². The molecule has 0 aliphatic carbocycles. The van der Waals surface area contributed by atoms with E-state index in [4.69, 9.17) is 5.10 Å². The molecule has 0 bridgehead atoms. The van der Waals surface area contributed by atoms with E-state index in [1.807, 2.05) is 35.9 Å². The maximum absolute atomic E-state index is 13.3. The van der Waals surface area contributed by atoms with Crippen LogP contribution in [0.5, 0.6) is 0 Å². The number of halogens is 1. The minimum Gasteiger partial charge on any atom is -0.322 e. The molecule has 0 unspecified atom stereocenters. The zero-order chi connectivity index (χ0) is 20.4. The number of hydrogen-bond donors (Lipinski definition) is 2. The first-order valence-electron chi connectivity index (χ1n) is 10.3. The molecule has 1 fully saturated rings. The Bertz CT molecular complexity index is 1020. The third-order valence-corrected chi connectivity index (χ3v) is 5.82. The lowest BCUT2D eigenvalue weighted by atomic mass is 9.91. The molecule has 1 aliphatic rings. The average molecular weight is 425 g/mol. The van der Waals surface area contributed by atoms with Gasteiger partial charge in [0.25, 0.3) is 5.91 Å². The zero-order valence-electron chi connectivity index (χ0n) is 17.7. The zero-order valence-corrected chi connectivity index (χ0v) is 18.6. The van der Waals surface area contributed by atoms with Gasteiger partial charge in [0, 0.05) is 11.6 Å². The first-order valence-corrected chi connectivity index (χ1v) is 10.3. The first kappa shape index (κ1) is 22.1. The Morgan fingerprint density at radius 1 is 1.00 bits per heavy atom. The molecule has 3 aromatic rings. The second kappa shape index (κ2) is 9.45. The van der Waals surface area contributed by atoms with Gasteiger partial charge in [0.2, 0.25) is 0 Å². The number of anilines is 1. The molecule has 0 radical (unpaired) electrons. The van der Waals surface area contributed by atoms with Crippen LogP contribution in [0, 0.1) is 20.8 Å². The molecule has 1 saturated heterocycles. The molecule has 4 rings (SSSR count). The van der Waals surface area contributed by atoms with Gasteiger partial charge in [-0.15, -0.1) is 12.4 Å².